The highest BCUT2D eigenvalue weighted by atomic mass is 16.5. The molecule has 4 N–H and O–H groups in total. The Kier molecular flexibility index (Phi) is 7.54. The average Bonchev–Trinajstić information content (AvgIpc) is 2.90. The Morgan fingerprint density at radius 2 is 0.806 bits per heavy atom. The lowest BCUT2D eigenvalue weighted by Crippen LogP contribution is -1.99. The van der Waals surface area contributed by atoms with Gasteiger partial charge in [0.2, 0.25) is 0 Å². The van der Waals surface area contributed by atoms with Crippen LogP contribution in [0.1, 0.15) is 22.3 Å². The van der Waals surface area contributed by atoms with Crippen LogP contribution < -0.4 is 9.47 Å². The van der Waals surface area contributed by atoms with E-state index in [1.807, 2.05) is 48.5 Å². The van der Waals surface area contributed by atoms with Gasteiger partial charge in [-0.05, 0) is 108 Å². The van der Waals surface area contributed by atoms with Crippen LogP contribution in [-0.4, -0.2) is 34.6 Å². The topological polar surface area (TPSA) is 99.4 Å². The summed E-state index contributed by atoms with van der Waals surface area (Å²) < 4.78 is 10.5. The first-order valence-corrected chi connectivity index (χ1v) is 11.7. The van der Waals surface area contributed by atoms with Crippen molar-refractivity contribution in [3.05, 3.63) is 95.1 Å². The van der Waals surface area contributed by atoms with Gasteiger partial charge in [0.25, 0.3) is 0 Å². The molecule has 6 heteroatoms. The molecule has 0 saturated heterocycles. The van der Waals surface area contributed by atoms with Gasteiger partial charge < -0.3 is 29.9 Å². The molecule has 0 bridgehead atoms. The van der Waals surface area contributed by atoms with E-state index >= 15 is 0 Å². The zero-order chi connectivity index (χ0) is 25.7. The second-order valence-electron chi connectivity index (χ2n) is 8.69. The largest absolute Gasteiger partial charge is 0.504 e. The molecule has 4 aromatic carbocycles. The fraction of sp³-hybridized carbons (Fsp3) is 0.200. The second-order valence-corrected chi connectivity index (χ2v) is 8.69. The van der Waals surface area contributed by atoms with Crippen molar-refractivity contribution in [2.24, 2.45) is 0 Å². The minimum atomic E-state index is -0.244. The van der Waals surface area contributed by atoms with Gasteiger partial charge in [-0.15, -0.1) is 0 Å². The molecule has 0 saturated carbocycles. The van der Waals surface area contributed by atoms with E-state index in [1.165, 1.54) is 12.1 Å². The fourth-order valence-electron chi connectivity index (χ4n) is 4.30. The molecule has 0 aliphatic rings. The summed E-state index contributed by atoms with van der Waals surface area (Å²) in [6, 6.07) is 21.7. The molecule has 0 aliphatic heterocycles. The fourth-order valence-corrected chi connectivity index (χ4v) is 4.30. The van der Waals surface area contributed by atoms with E-state index in [2.05, 4.69) is 0 Å². The molecule has 4 rings (SSSR count). The van der Waals surface area contributed by atoms with Crippen LogP contribution >= 0.6 is 0 Å². The molecule has 6 nitrogen and oxygen atoms in total. The smallest absolute Gasteiger partial charge is 0.158 e. The van der Waals surface area contributed by atoms with Crippen LogP contribution in [0.4, 0.5) is 0 Å². The number of aromatic hydroxyl groups is 4. The van der Waals surface area contributed by atoms with Gasteiger partial charge in [-0.2, -0.15) is 0 Å². The molecule has 186 valence electrons. The van der Waals surface area contributed by atoms with Gasteiger partial charge in [0.1, 0.15) is 11.5 Å². The minimum Gasteiger partial charge on any atom is -0.504 e. The second kappa shape index (κ2) is 11.0. The third kappa shape index (κ3) is 5.66. The Balaban J connectivity index is 1.67. The molecule has 0 radical (unpaired) electrons. The Labute approximate surface area is 210 Å². The van der Waals surface area contributed by atoms with Crippen LogP contribution in [0.3, 0.4) is 0 Å². The Bertz CT molecular complexity index is 1220. The van der Waals surface area contributed by atoms with E-state index in [4.69, 9.17) is 9.47 Å². The molecule has 0 aliphatic carbocycles. The van der Waals surface area contributed by atoms with E-state index in [-0.39, 0.29) is 23.0 Å². The van der Waals surface area contributed by atoms with Gasteiger partial charge in [-0.1, -0.05) is 24.3 Å². The predicted molar refractivity (Wildman–Crippen MR) is 139 cm³/mol. The number of hydrogen-bond acceptors (Lipinski definition) is 6. The SMILES string of the molecule is COc1ccc(CCc2cc(O)c(O)cc2-c2cc(O)c(O)cc2CCc2ccc(OC)cc2)cc1. The monoisotopic (exact) mass is 486 g/mol. The average molecular weight is 487 g/mol. The first kappa shape index (κ1) is 24.8. The maximum absolute atomic E-state index is 10.3. The van der Waals surface area contributed by atoms with Gasteiger partial charge in [0.15, 0.2) is 23.0 Å². The number of phenols is 4. The molecule has 36 heavy (non-hydrogen) atoms. The number of rotatable bonds is 9. The van der Waals surface area contributed by atoms with Gasteiger partial charge in [0.05, 0.1) is 14.2 Å². The number of phenolic OH excluding ortho intramolecular Hbond substituents is 4. The summed E-state index contributed by atoms with van der Waals surface area (Å²) in [5.41, 5.74) is 5.22. The zero-order valence-corrected chi connectivity index (χ0v) is 20.4. The van der Waals surface area contributed by atoms with Crippen LogP contribution in [0.2, 0.25) is 0 Å². The number of ether oxygens (including phenoxy) is 2. The van der Waals surface area contributed by atoms with Crippen LogP contribution in [0, 0.1) is 0 Å². The van der Waals surface area contributed by atoms with Gasteiger partial charge >= 0.3 is 0 Å². The molecule has 0 heterocycles. The molecule has 0 fully saturated rings. The summed E-state index contributed by atoms with van der Waals surface area (Å²) in [6.07, 6.45) is 2.59. The Morgan fingerprint density at radius 3 is 1.14 bits per heavy atom. The lowest BCUT2D eigenvalue weighted by Gasteiger charge is -2.17. The van der Waals surface area contributed by atoms with Gasteiger partial charge in [-0.3, -0.25) is 0 Å². The van der Waals surface area contributed by atoms with E-state index in [0.29, 0.717) is 36.8 Å². The van der Waals surface area contributed by atoms with Crippen molar-refractivity contribution in [1.29, 1.82) is 0 Å². The lowest BCUT2D eigenvalue weighted by atomic mass is 9.89. The number of methoxy groups -OCH3 is 2. The summed E-state index contributed by atoms with van der Waals surface area (Å²) in [5, 5.41) is 41.1. The van der Waals surface area contributed by atoms with Gasteiger partial charge in [-0.25, -0.2) is 0 Å². The Morgan fingerprint density at radius 1 is 0.472 bits per heavy atom. The highest BCUT2D eigenvalue weighted by Crippen LogP contribution is 2.40. The van der Waals surface area contributed by atoms with Crippen LogP contribution in [-0.2, 0) is 25.7 Å². The molecule has 4 aromatic rings. The van der Waals surface area contributed by atoms with Crippen molar-refractivity contribution < 1.29 is 29.9 Å². The first-order valence-electron chi connectivity index (χ1n) is 11.7. The van der Waals surface area contributed by atoms with Crippen molar-refractivity contribution >= 4 is 0 Å². The Hall–Kier alpha value is -4.32. The molecule has 0 atom stereocenters. The van der Waals surface area contributed by atoms with Crippen molar-refractivity contribution in [1.82, 2.24) is 0 Å². The zero-order valence-electron chi connectivity index (χ0n) is 20.4. The van der Waals surface area contributed by atoms with Crippen LogP contribution in [0.5, 0.6) is 34.5 Å². The lowest BCUT2D eigenvalue weighted by molar-refractivity contribution is 0.402. The van der Waals surface area contributed by atoms with Crippen molar-refractivity contribution in [2.75, 3.05) is 14.2 Å². The first-order chi connectivity index (χ1) is 17.4. The standard InChI is InChI=1S/C30H30O6/c1-35-23-11-5-19(6-12-23)3-9-21-15-27(31)29(33)17-25(21)26-18-30(34)28(32)16-22(26)10-4-20-7-13-24(36-2)14-8-20/h5-8,11-18,31-34H,3-4,9-10H2,1-2H3. The maximum Gasteiger partial charge on any atom is 0.158 e. The quantitative estimate of drug-likeness (QED) is 0.224. The van der Waals surface area contributed by atoms with Crippen LogP contribution in [0.15, 0.2) is 72.8 Å². The number of aryl methyl sites for hydroxylation is 4. The highest BCUT2D eigenvalue weighted by Gasteiger charge is 2.17. The van der Waals surface area contributed by atoms with E-state index < -0.39 is 0 Å². The van der Waals surface area contributed by atoms with Gasteiger partial charge in [0, 0.05) is 0 Å². The normalized spacial score (nSPS) is 10.8. The molecular weight excluding hydrogens is 456 g/mol. The summed E-state index contributed by atoms with van der Waals surface area (Å²) in [7, 11) is 3.25. The highest BCUT2D eigenvalue weighted by molar-refractivity contribution is 5.76. The predicted octanol–water partition coefficient (Wildman–Crippen LogP) is 5.76. The van der Waals surface area contributed by atoms with Crippen molar-refractivity contribution in [3.63, 3.8) is 0 Å². The third-order valence-corrected chi connectivity index (χ3v) is 6.38. The summed E-state index contributed by atoms with van der Waals surface area (Å²) in [5.74, 6) is 0.668. The maximum atomic E-state index is 10.3. The van der Waals surface area contributed by atoms with Crippen molar-refractivity contribution in [2.45, 2.75) is 25.7 Å². The molecular formula is C30H30O6. The van der Waals surface area contributed by atoms with E-state index in [1.54, 1.807) is 26.4 Å². The molecule has 0 unspecified atom stereocenters. The summed E-state index contributed by atoms with van der Waals surface area (Å²) >= 11 is 0. The summed E-state index contributed by atoms with van der Waals surface area (Å²) in [6.45, 7) is 0. The molecule has 0 amide bonds. The number of hydrogen-bond donors (Lipinski definition) is 4. The molecule has 0 spiro atoms. The minimum absolute atomic E-state index is 0.203. The summed E-state index contributed by atoms with van der Waals surface area (Å²) in [4.78, 5) is 0. The van der Waals surface area contributed by atoms with Crippen LogP contribution in [0.25, 0.3) is 11.1 Å². The van der Waals surface area contributed by atoms with E-state index in [0.717, 1.165) is 33.8 Å². The number of benzene rings is 4. The van der Waals surface area contributed by atoms with Crippen molar-refractivity contribution in [3.8, 4) is 45.6 Å². The third-order valence-electron chi connectivity index (χ3n) is 6.38. The molecule has 0 aromatic heterocycles. The van der Waals surface area contributed by atoms with E-state index in [9.17, 15) is 20.4 Å².